The second-order valence-corrected chi connectivity index (χ2v) is 5.00. The van der Waals surface area contributed by atoms with Crippen molar-refractivity contribution in [2.45, 2.75) is 18.9 Å². The van der Waals surface area contributed by atoms with Crippen molar-refractivity contribution >= 4 is 16.8 Å². The van der Waals surface area contributed by atoms with Gasteiger partial charge in [0.15, 0.2) is 0 Å². The number of aromatic nitrogens is 1. The van der Waals surface area contributed by atoms with Crippen molar-refractivity contribution in [2.24, 2.45) is 0 Å². The Morgan fingerprint density at radius 3 is 3.00 bits per heavy atom. The molecule has 1 heterocycles. The molecule has 1 fully saturated rings. The number of rotatable bonds is 5. The Balaban J connectivity index is 1.83. The summed E-state index contributed by atoms with van der Waals surface area (Å²) in [6, 6.07) is 8.23. The minimum absolute atomic E-state index is 0.107. The molecule has 1 aromatic heterocycles. The lowest BCUT2D eigenvalue weighted by molar-refractivity contribution is 0.0680. The molecular formula is C15H18N2O2. The maximum Gasteiger partial charge on any atom is 0.254 e. The van der Waals surface area contributed by atoms with E-state index in [0.29, 0.717) is 19.2 Å². The Morgan fingerprint density at radius 2 is 2.26 bits per heavy atom. The van der Waals surface area contributed by atoms with Crippen molar-refractivity contribution in [1.82, 2.24) is 9.88 Å². The molecule has 1 aliphatic rings. The van der Waals surface area contributed by atoms with E-state index in [1.807, 2.05) is 35.4 Å². The number of carbonyl (C=O) groups is 1. The molecule has 0 spiro atoms. The average Bonchev–Trinajstić information content (AvgIpc) is 3.15. The van der Waals surface area contributed by atoms with Gasteiger partial charge in [0.05, 0.1) is 6.61 Å². The van der Waals surface area contributed by atoms with Crippen LogP contribution >= 0.6 is 0 Å². The fourth-order valence-corrected chi connectivity index (χ4v) is 2.37. The van der Waals surface area contributed by atoms with Gasteiger partial charge in [-0.2, -0.15) is 0 Å². The summed E-state index contributed by atoms with van der Waals surface area (Å²) < 4.78 is 5.09. The number of hydrogen-bond donors (Lipinski definition) is 1. The molecule has 1 N–H and O–H groups in total. The van der Waals surface area contributed by atoms with Crippen LogP contribution in [0.5, 0.6) is 0 Å². The minimum atomic E-state index is 0.107. The number of fused-ring (bicyclic) bond motifs is 1. The van der Waals surface area contributed by atoms with E-state index in [0.717, 1.165) is 29.3 Å². The second kappa shape index (κ2) is 5.05. The number of nitrogens with one attached hydrogen (secondary N) is 1. The van der Waals surface area contributed by atoms with Crippen LogP contribution in [0, 0.1) is 0 Å². The Morgan fingerprint density at radius 1 is 1.42 bits per heavy atom. The SMILES string of the molecule is COCCN(C(=O)c1ccc2cc[nH]c2c1)C1CC1. The van der Waals surface area contributed by atoms with Crippen LogP contribution < -0.4 is 0 Å². The Bertz CT molecular complexity index is 587. The standard InChI is InChI=1S/C15H18N2O2/c1-19-9-8-17(13-4-5-13)15(18)12-3-2-11-6-7-16-14(11)10-12/h2-3,6-7,10,13,16H,4-5,8-9H2,1H3. The van der Waals surface area contributed by atoms with Crippen molar-refractivity contribution in [2.75, 3.05) is 20.3 Å². The lowest BCUT2D eigenvalue weighted by atomic mass is 10.1. The van der Waals surface area contributed by atoms with E-state index in [9.17, 15) is 4.79 Å². The zero-order valence-corrected chi connectivity index (χ0v) is 11.1. The van der Waals surface area contributed by atoms with Gasteiger partial charge in [0, 0.05) is 37.0 Å². The lowest BCUT2D eigenvalue weighted by Gasteiger charge is -2.22. The average molecular weight is 258 g/mol. The first-order valence-corrected chi connectivity index (χ1v) is 6.66. The third-order valence-electron chi connectivity index (χ3n) is 3.59. The van der Waals surface area contributed by atoms with Gasteiger partial charge in [-0.1, -0.05) is 6.07 Å². The van der Waals surface area contributed by atoms with E-state index >= 15 is 0 Å². The zero-order valence-electron chi connectivity index (χ0n) is 11.1. The number of methoxy groups -OCH3 is 1. The van der Waals surface area contributed by atoms with E-state index in [1.165, 1.54) is 0 Å². The molecular weight excluding hydrogens is 240 g/mol. The molecule has 100 valence electrons. The van der Waals surface area contributed by atoms with E-state index in [4.69, 9.17) is 4.74 Å². The van der Waals surface area contributed by atoms with Gasteiger partial charge >= 0.3 is 0 Å². The van der Waals surface area contributed by atoms with Gasteiger partial charge < -0.3 is 14.6 Å². The van der Waals surface area contributed by atoms with Gasteiger partial charge in [0.1, 0.15) is 0 Å². The third kappa shape index (κ3) is 2.49. The highest BCUT2D eigenvalue weighted by Gasteiger charge is 2.32. The van der Waals surface area contributed by atoms with E-state index in [1.54, 1.807) is 7.11 Å². The highest BCUT2D eigenvalue weighted by molar-refractivity contribution is 5.98. The number of H-pyrrole nitrogens is 1. The molecule has 0 saturated heterocycles. The van der Waals surface area contributed by atoms with Gasteiger partial charge in [-0.25, -0.2) is 0 Å². The number of hydrogen-bond acceptors (Lipinski definition) is 2. The van der Waals surface area contributed by atoms with Gasteiger partial charge in [-0.05, 0) is 36.4 Å². The second-order valence-electron chi connectivity index (χ2n) is 5.00. The first kappa shape index (κ1) is 12.2. The first-order chi connectivity index (χ1) is 9.29. The summed E-state index contributed by atoms with van der Waals surface area (Å²) in [4.78, 5) is 17.6. The van der Waals surface area contributed by atoms with Crippen molar-refractivity contribution < 1.29 is 9.53 Å². The van der Waals surface area contributed by atoms with Gasteiger partial charge in [-0.15, -0.1) is 0 Å². The predicted molar refractivity (Wildman–Crippen MR) is 74.2 cm³/mol. The minimum Gasteiger partial charge on any atom is -0.383 e. The van der Waals surface area contributed by atoms with Gasteiger partial charge in [0.25, 0.3) is 5.91 Å². The smallest absolute Gasteiger partial charge is 0.254 e. The van der Waals surface area contributed by atoms with Crippen LogP contribution in [0.3, 0.4) is 0 Å². The van der Waals surface area contributed by atoms with Gasteiger partial charge in [-0.3, -0.25) is 4.79 Å². The summed E-state index contributed by atoms with van der Waals surface area (Å²) in [5.41, 5.74) is 1.76. The molecule has 2 aromatic rings. The first-order valence-electron chi connectivity index (χ1n) is 6.66. The summed E-state index contributed by atoms with van der Waals surface area (Å²) in [7, 11) is 1.67. The third-order valence-corrected chi connectivity index (χ3v) is 3.59. The summed E-state index contributed by atoms with van der Waals surface area (Å²) in [5.74, 6) is 0.107. The monoisotopic (exact) mass is 258 g/mol. The molecule has 0 aliphatic heterocycles. The number of aromatic amines is 1. The fourth-order valence-electron chi connectivity index (χ4n) is 2.37. The summed E-state index contributed by atoms with van der Waals surface area (Å²) in [6.07, 6.45) is 4.11. The molecule has 19 heavy (non-hydrogen) atoms. The summed E-state index contributed by atoms with van der Waals surface area (Å²) in [5, 5.41) is 1.13. The van der Waals surface area contributed by atoms with Crippen molar-refractivity contribution in [3.05, 3.63) is 36.0 Å². The van der Waals surface area contributed by atoms with Crippen molar-refractivity contribution in [3.8, 4) is 0 Å². The molecule has 0 unspecified atom stereocenters. The fraction of sp³-hybridized carbons (Fsp3) is 0.400. The van der Waals surface area contributed by atoms with Crippen LogP contribution in [0.15, 0.2) is 30.5 Å². The van der Waals surface area contributed by atoms with Crippen LogP contribution in [0.25, 0.3) is 10.9 Å². The maximum absolute atomic E-state index is 12.6. The quantitative estimate of drug-likeness (QED) is 0.895. The Labute approximate surface area is 112 Å². The highest BCUT2D eigenvalue weighted by Crippen LogP contribution is 2.28. The molecule has 4 heteroatoms. The molecule has 4 nitrogen and oxygen atoms in total. The molecule has 0 radical (unpaired) electrons. The molecule has 1 saturated carbocycles. The molecule has 0 atom stereocenters. The number of carbonyl (C=O) groups excluding carboxylic acids is 1. The van der Waals surface area contributed by atoms with Crippen LogP contribution in [-0.4, -0.2) is 42.1 Å². The van der Waals surface area contributed by atoms with Crippen LogP contribution in [0.1, 0.15) is 23.2 Å². The number of benzene rings is 1. The van der Waals surface area contributed by atoms with E-state index in [-0.39, 0.29) is 5.91 Å². The number of nitrogens with zero attached hydrogens (tertiary/aromatic N) is 1. The van der Waals surface area contributed by atoms with Crippen LogP contribution in [0.4, 0.5) is 0 Å². The van der Waals surface area contributed by atoms with Crippen molar-refractivity contribution in [1.29, 1.82) is 0 Å². The highest BCUT2D eigenvalue weighted by atomic mass is 16.5. The van der Waals surface area contributed by atoms with E-state index in [2.05, 4.69) is 4.98 Å². The normalized spacial score (nSPS) is 14.8. The predicted octanol–water partition coefficient (Wildman–Crippen LogP) is 2.42. The number of amides is 1. The lowest BCUT2D eigenvalue weighted by Crippen LogP contribution is -2.35. The zero-order chi connectivity index (χ0) is 13.2. The molecule has 1 amide bonds. The summed E-state index contributed by atoms with van der Waals surface area (Å²) in [6.45, 7) is 1.26. The van der Waals surface area contributed by atoms with Gasteiger partial charge in [0.2, 0.25) is 0 Å². The topological polar surface area (TPSA) is 45.3 Å². The largest absolute Gasteiger partial charge is 0.383 e. The van der Waals surface area contributed by atoms with Crippen LogP contribution in [0.2, 0.25) is 0 Å². The molecule has 1 aromatic carbocycles. The molecule has 1 aliphatic carbocycles. The number of ether oxygens (including phenoxy) is 1. The molecule has 0 bridgehead atoms. The Hall–Kier alpha value is -1.81. The molecule has 3 rings (SSSR count). The van der Waals surface area contributed by atoms with Crippen molar-refractivity contribution in [3.63, 3.8) is 0 Å². The van der Waals surface area contributed by atoms with Crippen LogP contribution in [-0.2, 0) is 4.74 Å². The maximum atomic E-state index is 12.6. The Kier molecular flexibility index (Phi) is 3.25. The summed E-state index contributed by atoms with van der Waals surface area (Å²) >= 11 is 0. The van der Waals surface area contributed by atoms with E-state index < -0.39 is 0 Å².